The number of hydrogen-bond donors (Lipinski definition) is 0. The lowest BCUT2D eigenvalue weighted by molar-refractivity contribution is -0.131. The number of likely N-dealkylation sites (tertiary alicyclic amines) is 1. The van der Waals surface area contributed by atoms with E-state index in [0.717, 1.165) is 33.3 Å². The molecule has 0 spiro atoms. The Morgan fingerprint density at radius 2 is 1.77 bits per heavy atom. The van der Waals surface area contributed by atoms with Crippen LogP contribution < -0.4 is 4.80 Å². The van der Waals surface area contributed by atoms with Crippen molar-refractivity contribution in [2.45, 2.75) is 37.0 Å². The molecule has 2 aromatic carbocycles. The number of halogens is 1. The zero-order valence-corrected chi connectivity index (χ0v) is 22.3. The third-order valence-electron chi connectivity index (χ3n) is 6.52. The number of nitrogens with zero attached hydrogens (tertiary/aromatic N) is 3. The Bertz CT molecular complexity index is 1470. The van der Waals surface area contributed by atoms with E-state index in [1.807, 2.05) is 11.6 Å². The highest BCUT2D eigenvalue weighted by atomic mass is 35.5. The fourth-order valence-corrected chi connectivity index (χ4v) is 7.37. The van der Waals surface area contributed by atoms with Crippen LogP contribution in [-0.2, 0) is 21.7 Å². The van der Waals surface area contributed by atoms with Crippen LogP contribution in [0.4, 0.5) is 0 Å². The predicted octanol–water partition coefficient (Wildman–Crippen LogP) is 4.20. The highest BCUT2D eigenvalue weighted by molar-refractivity contribution is 7.91. The van der Waals surface area contributed by atoms with E-state index in [0.29, 0.717) is 23.8 Å². The quantitative estimate of drug-likeness (QED) is 0.444. The van der Waals surface area contributed by atoms with E-state index in [1.54, 1.807) is 55.3 Å². The third-order valence-corrected chi connectivity index (χ3v) is 9.85. The van der Waals surface area contributed by atoms with E-state index in [-0.39, 0.29) is 34.7 Å². The molecule has 1 amide bonds. The van der Waals surface area contributed by atoms with E-state index >= 15 is 0 Å². The van der Waals surface area contributed by atoms with Crippen molar-refractivity contribution in [1.82, 2.24) is 9.47 Å². The first-order chi connectivity index (χ1) is 16.6. The third kappa shape index (κ3) is 5.37. The van der Waals surface area contributed by atoms with Crippen LogP contribution in [0, 0.1) is 0 Å². The number of amides is 1. The molecular formula is C25H28ClN3O4S2. The maximum Gasteiger partial charge on any atom is 0.223 e. The number of sulfone groups is 1. The van der Waals surface area contributed by atoms with Crippen molar-refractivity contribution >= 4 is 55.2 Å². The summed E-state index contributed by atoms with van der Waals surface area (Å²) in [7, 11) is -0.0382. The number of ketones is 1. The van der Waals surface area contributed by atoms with Gasteiger partial charge in [-0.2, -0.15) is 0 Å². The molecule has 0 radical (unpaired) electrons. The van der Waals surface area contributed by atoms with Gasteiger partial charge in [0.15, 0.2) is 20.4 Å². The van der Waals surface area contributed by atoms with Gasteiger partial charge in [0.1, 0.15) is 0 Å². The van der Waals surface area contributed by atoms with Crippen LogP contribution in [0.25, 0.3) is 10.8 Å². The molecule has 35 heavy (non-hydrogen) atoms. The van der Waals surface area contributed by atoms with E-state index < -0.39 is 9.84 Å². The minimum atomic E-state index is -3.60. The van der Waals surface area contributed by atoms with Crippen LogP contribution in [0.5, 0.6) is 0 Å². The van der Waals surface area contributed by atoms with Crippen molar-refractivity contribution in [1.29, 1.82) is 0 Å². The fraction of sp³-hybridized carbons (Fsp3) is 0.400. The molecule has 1 aliphatic heterocycles. The molecule has 3 aromatic rings. The number of aromatic nitrogens is 1. The summed E-state index contributed by atoms with van der Waals surface area (Å²) in [6, 6.07) is 10.2. The molecule has 1 saturated heterocycles. The maximum atomic E-state index is 12.9. The second kappa shape index (κ2) is 10.2. The number of hydrogen-bond acceptors (Lipinski definition) is 6. The molecule has 0 bridgehead atoms. The monoisotopic (exact) mass is 533 g/mol. The van der Waals surface area contributed by atoms with Gasteiger partial charge < -0.3 is 9.47 Å². The van der Waals surface area contributed by atoms with Gasteiger partial charge in [0.2, 0.25) is 5.91 Å². The van der Waals surface area contributed by atoms with Crippen molar-refractivity contribution in [3.05, 3.63) is 56.8 Å². The molecule has 186 valence electrons. The van der Waals surface area contributed by atoms with Crippen LogP contribution in [0.1, 0.15) is 47.5 Å². The zero-order chi connectivity index (χ0) is 25.3. The number of rotatable bonds is 6. The Kier molecular flexibility index (Phi) is 7.49. The number of carbonyl (C=O) groups is 2. The van der Waals surface area contributed by atoms with Gasteiger partial charge in [0.05, 0.1) is 16.3 Å². The average Bonchev–Trinajstić information content (AvgIpc) is 3.18. The summed E-state index contributed by atoms with van der Waals surface area (Å²) in [4.78, 5) is 33.1. The molecule has 0 N–H and O–H groups in total. The number of carbonyl (C=O) groups excluding carboxylic acids is 2. The summed E-state index contributed by atoms with van der Waals surface area (Å²) in [5.41, 5.74) is 0.684. The molecule has 0 aliphatic carbocycles. The number of piperidine rings is 1. The topological polar surface area (TPSA) is 88.8 Å². The maximum absolute atomic E-state index is 12.9. The van der Waals surface area contributed by atoms with E-state index in [4.69, 9.17) is 11.6 Å². The van der Waals surface area contributed by atoms with Gasteiger partial charge in [-0.25, -0.2) is 8.42 Å². The smallest absolute Gasteiger partial charge is 0.223 e. The summed E-state index contributed by atoms with van der Waals surface area (Å²) >= 11 is 7.54. The first kappa shape index (κ1) is 25.6. The molecule has 0 saturated carbocycles. The van der Waals surface area contributed by atoms with Crippen LogP contribution in [0.3, 0.4) is 0 Å². The number of thiazole rings is 1. The zero-order valence-electron chi connectivity index (χ0n) is 20.0. The van der Waals surface area contributed by atoms with Gasteiger partial charge in [-0.15, -0.1) is 11.3 Å². The highest BCUT2D eigenvalue weighted by Crippen LogP contribution is 2.33. The lowest BCUT2D eigenvalue weighted by Crippen LogP contribution is -2.38. The fourth-order valence-electron chi connectivity index (χ4n) is 4.63. The van der Waals surface area contributed by atoms with Crippen LogP contribution >= 0.6 is 22.9 Å². The Morgan fingerprint density at radius 3 is 2.43 bits per heavy atom. The van der Waals surface area contributed by atoms with Crippen molar-refractivity contribution in [2.75, 3.05) is 25.9 Å². The molecule has 0 unspecified atom stereocenters. The second-order valence-electron chi connectivity index (χ2n) is 8.81. The standard InChI is InChI=1S/C25H28ClN3O4S2/c1-16(30)23-24(34-25(27-2)28(23)3)17-8-11-29(12-9-17)22(31)10-13-35(32,33)21-7-5-18-14-20(26)6-4-19(18)15-21/h4-7,14-15,17H,8-13H2,1-3H3. The van der Waals surface area contributed by atoms with E-state index in [2.05, 4.69) is 4.99 Å². The van der Waals surface area contributed by atoms with Crippen LogP contribution in [-0.4, -0.2) is 55.5 Å². The molecule has 0 atom stereocenters. The van der Waals surface area contributed by atoms with Gasteiger partial charge in [0, 0.05) is 50.4 Å². The Labute approximate surface area is 214 Å². The van der Waals surface area contributed by atoms with Crippen LogP contribution in [0.15, 0.2) is 46.3 Å². The van der Waals surface area contributed by atoms with Gasteiger partial charge in [0.25, 0.3) is 0 Å². The van der Waals surface area contributed by atoms with Crippen molar-refractivity contribution < 1.29 is 18.0 Å². The first-order valence-corrected chi connectivity index (χ1v) is 14.3. The van der Waals surface area contributed by atoms with Gasteiger partial charge in [-0.05, 0) is 53.8 Å². The van der Waals surface area contributed by atoms with Crippen molar-refractivity contribution in [3.63, 3.8) is 0 Å². The second-order valence-corrected chi connectivity index (χ2v) is 12.4. The molecule has 1 aromatic heterocycles. The van der Waals surface area contributed by atoms with E-state index in [9.17, 15) is 18.0 Å². The summed E-state index contributed by atoms with van der Waals surface area (Å²) in [5.74, 6) is -0.206. The average molecular weight is 534 g/mol. The predicted molar refractivity (Wildman–Crippen MR) is 139 cm³/mol. The Balaban J connectivity index is 1.39. The molecular weight excluding hydrogens is 506 g/mol. The van der Waals surface area contributed by atoms with Crippen molar-refractivity contribution in [3.8, 4) is 0 Å². The lowest BCUT2D eigenvalue weighted by atomic mass is 9.93. The summed E-state index contributed by atoms with van der Waals surface area (Å²) in [6.45, 7) is 2.64. The molecule has 7 nitrogen and oxygen atoms in total. The molecule has 1 fully saturated rings. The molecule has 4 rings (SSSR count). The minimum Gasteiger partial charge on any atom is -0.343 e. The first-order valence-electron chi connectivity index (χ1n) is 11.4. The summed E-state index contributed by atoms with van der Waals surface area (Å²) < 4.78 is 27.6. The highest BCUT2D eigenvalue weighted by Gasteiger charge is 2.29. The Hall–Kier alpha value is -2.49. The van der Waals surface area contributed by atoms with E-state index in [1.165, 1.54) is 11.3 Å². The molecule has 2 heterocycles. The van der Waals surface area contributed by atoms with Crippen LogP contribution in [0.2, 0.25) is 5.02 Å². The van der Waals surface area contributed by atoms with Crippen molar-refractivity contribution in [2.24, 2.45) is 12.0 Å². The van der Waals surface area contributed by atoms with Gasteiger partial charge in [-0.1, -0.05) is 23.7 Å². The minimum absolute atomic E-state index is 0.00847. The number of benzene rings is 2. The molecule has 10 heteroatoms. The summed E-state index contributed by atoms with van der Waals surface area (Å²) in [5, 5.41) is 2.24. The van der Waals surface area contributed by atoms with Gasteiger partial charge >= 0.3 is 0 Å². The summed E-state index contributed by atoms with van der Waals surface area (Å²) in [6.07, 6.45) is 1.41. The normalized spacial score (nSPS) is 15.7. The molecule has 1 aliphatic rings. The SMILES string of the molecule is CN=c1sc(C2CCN(C(=O)CCS(=O)(=O)c3ccc4cc(Cl)ccc4c3)CC2)c(C(C)=O)n1C. The number of fused-ring (bicyclic) bond motifs is 1. The number of Topliss-reactive ketones (excluding diaryl/α,β-unsaturated/α-hetero) is 1. The largest absolute Gasteiger partial charge is 0.343 e. The Morgan fingerprint density at radius 1 is 1.11 bits per heavy atom. The van der Waals surface area contributed by atoms with Gasteiger partial charge in [-0.3, -0.25) is 14.6 Å². The lowest BCUT2D eigenvalue weighted by Gasteiger charge is -2.32.